The summed E-state index contributed by atoms with van der Waals surface area (Å²) in [5.41, 5.74) is 5.13. The molecule has 1 aromatic carbocycles. The Kier molecular flexibility index (Phi) is 3.58. The van der Waals surface area contributed by atoms with E-state index in [1.165, 1.54) is 22.1 Å². The number of aryl methyl sites for hydroxylation is 1. The predicted molar refractivity (Wildman–Crippen MR) is 81.3 cm³/mol. The fraction of sp³-hybridized carbons (Fsp3) is 0.188. The van der Waals surface area contributed by atoms with Crippen LogP contribution in [0.15, 0.2) is 47.3 Å². The summed E-state index contributed by atoms with van der Waals surface area (Å²) in [4.78, 5) is 4.34. The molecule has 0 bridgehead atoms. The number of fused-ring (bicyclic) bond motifs is 1. The van der Waals surface area contributed by atoms with Crippen LogP contribution >= 0.6 is 11.3 Å². The monoisotopic (exact) mass is 268 g/mol. The number of thiophene rings is 1. The van der Waals surface area contributed by atoms with Gasteiger partial charge in [0.1, 0.15) is 0 Å². The number of hydrogen-bond acceptors (Lipinski definition) is 3. The molecule has 2 nitrogen and oxygen atoms in total. The van der Waals surface area contributed by atoms with Crippen molar-refractivity contribution in [2.45, 2.75) is 20.0 Å². The maximum Gasteiger partial charge on any atom is 0.0702 e. The fourth-order valence-electron chi connectivity index (χ4n) is 2.14. The van der Waals surface area contributed by atoms with Gasteiger partial charge in [0.15, 0.2) is 0 Å². The normalized spacial score (nSPS) is 11.0. The highest BCUT2D eigenvalue weighted by Gasteiger charge is 2.00. The van der Waals surface area contributed by atoms with Crippen LogP contribution in [-0.4, -0.2) is 4.98 Å². The maximum absolute atomic E-state index is 4.34. The lowest BCUT2D eigenvalue weighted by molar-refractivity contribution is 0.693. The Morgan fingerprint density at radius 2 is 2.11 bits per heavy atom. The molecule has 0 aliphatic rings. The van der Waals surface area contributed by atoms with Gasteiger partial charge in [-0.3, -0.25) is 4.98 Å². The highest BCUT2D eigenvalue weighted by atomic mass is 32.1. The van der Waals surface area contributed by atoms with Gasteiger partial charge in [0.2, 0.25) is 0 Å². The molecule has 0 spiro atoms. The maximum atomic E-state index is 4.34. The molecule has 0 saturated carbocycles. The molecule has 0 atom stereocenters. The second kappa shape index (κ2) is 5.51. The molecule has 0 radical (unpaired) electrons. The van der Waals surface area contributed by atoms with E-state index in [-0.39, 0.29) is 0 Å². The molecule has 96 valence electrons. The van der Waals surface area contributed by atoms with Gasteiger partial charge < -0.3 is 5.32 Å². The van der Waals surface area contributed by atoms with Gasteiger partial charge in [0.25, 0.3) is 0 Å². The molecular weight excluding hydrogens is 252 g/mol. The van der Waals surface area contributed by atoms with Crippen LogP contribution in [0.4, 0.5) is 0 Å². The van der Waals surface area contributed by atoms with Crippen molar-refractivity contribution in [1.82, 2.24) is 10.3 Å². The van der Waals surface area contributed by atoms with E-state index < -0.39 is 0 Å². The second-order valence-electron chi connectivity index (χ2n) is 4.71. The Labute approximate surface area is 117 Å². The first-order valence-electron chi connectivity index (χ1n) is 6.39. The minimum Gasteiger partial charge on any atom is -0.309 e. The van der Waals surface area contributed by atoms with Crippen molar-refractivity contribution in [3.8, 4) is 0 Å². The molecule has 3 heteroatoms. The molecule has 2 aromatic heterocycles. The van der Waals surface area contributed by atoms with Crippen LogP contribution in [0.5, 0.6) is 0 Å². The van der Waals surface area contributed by atoms with Gasteiger partial charge in [-0.25, -0.2) is 0 Å². The van der Waals surface area contributed by atoms with Crippen LogP contribution < -0.4 is 5.32 Å². The van der Waals surface area contributed by atoms with Crippen LogP contribution in [0.1, 0.15) is 16.7 Å². The summed E-state index contributed by atoms with van der Waals surface area (Å²) >= 11 is 1.77. The summed E-state index contributed by atoms with van der Waals surface area (Å²) in [6.07, 6.45) is 1.83. The van der Waals surface area contributed by atoms with E-state index in [0.717, 1.165) is 18.6 Å². The van der Waals surface area contributed by atoms with E-state index in [0.29, 0.717) is 0 Å². The van der Waals surface area contributed by atoms with Gasteiger partial charge >= 0.3 is 0 Å². The number of nitrogens with one attached hydrogen (secondary N) is 1. The number of nitrogens with zero attached hydrogens (tertiary/aromatic N) is 1. The third kappa shape index (κ3) is 2.83. The second-order valence-corrected chi connectivity index (χ2v) is 5.46. The average Bonchev–Trinajstić information content (AvgIpc) is 2.84. The van der Waals surface area contributed by atoms with Crippen molar-refractivity contribution in [2.24, 2.45) is 0 Å². The summed E-state index contributed by atoms with van der Waals surface area (Å²) in [7, 11) is 0. The van der Waals surface area contributed by atoms with Crippen LogP contribution in [0.25, 0.3) is 10.9 Å². The molecule has 19 heavy (non-hydrogen) atoms. The summed E-state index contributed by atoms with van der Waals surface area (Å²) < 4.78 is 0. The average molecular weight is 268 g/mol. The van der Waals surface area contributed by atoms with Crippen LogP contribution in [0, 0.1) is 6.92 Å². The Bertz CT molecular complexity index is 688. The quantitative estimate of drug-likeness (QED) is 0.776. The molecule has 0 fully saturated rings. The SMILES string of the molecule is Cc1cscc1CNCc1ccc2ncccc2c1. The summed E-state index contributed by atoms with van der Waals surface area (Å²) in [6.45, 7) is 3.98. The highest BCUT2D eigenvalue weighted by molar-refractivity contribution is 7.08. The Morgan fingerprint density at radius 3 is 2.95 bits per heavy atom. The minimum absolute atomic E-state index is 0.889. The molecule has 0 unspecified atom stereocenters. The number of benzene rings is 1. The molecular formula is C16H16N2S. The van der Waals surface area contributed by atoms with Gasteiger partial charge in [-0.05, 0) is 52.6 Å². The molecule has 0 amide bonds. The Balaban J connectivity index is 1.67. The zero-order chi connectivity index (χ0) is 13.1. The lowest BCUT2D eigenvalue weighted by Gasteiger charge is -2.06. The predicted octanol–water partition coefficient (Wildman–Crippen LogP) is 3.89. The molecule has 3 aromatic rings. The van der Waals surface area contributed by atoms with Crippen LogP contribution in [-0.2, 0) is 13.1 Å². The third-order valence-electron chi connectivity index (χ3n) is 3.27. The summed E-state index contributed by atoms with van der Waals surface area (Å²) in [5, 5.41) is 9.11. The fourth-order valence-corrected chi connectivity index (χ4v) is 3.00. The van der Waals surface area contributed by atoms with E-state index in [4.69, 9.17) is 0 Å². The first kappa shape index (κ1) is 12.3. The number of hydrogen-bond donors (Lipinski definition) is 1. The molecule has 3 rings (SSSR count). The van der Waals surface area contributed by atoms with Crippen molar-refractivity contribution in [3.63, 3.8) is 0 Å². The van der Waals surface area contributed by atoms with Gasteiger partial charge in [-0.1, -0.05) is 12.1 Å². The lowest BCUT2D eigenvalue weighted by Crippen LogP contribution is -2.12. The first-order valence-corrected chi connectivity index (χ1v) is 7.33. The van der Waals surface area contributed by atoms with Crippen molar-refractivity contribution in [3.05, 3.63) is 64.0 Å². The highest BCUT2D eigenvalue weighted by Crippen LogP contribution is 2.15. The van der Waals surface area contributed by atoms with E-state index in [1.54, 1.807) is 11.3 Å². The summed E-state index contributed by atoms with van der Waals surface area (Å²) in [5.74, 6) is 0. The molecule has 0 aliphatic heterocycles. The Morgan fingerprint density at radius 1 is 1.16 bits per heavy atom. The smallest absolute Gasteiger partial charge is 0.0702 e. The molecule has 1 N–H and O–H groups in total. The van der Waals surface area contributed by atoms with Crippen molar-refractivity contribution in [2.75, 3.05) is 0 Å². The van der Waals surface area contributed by atoms with Crippen molar-refractivity contribution in [1.29, 1.82) is 0 Å². The first-order chi connectivity index (χ1) is 9.33. The van der Waals surface area contributed by atoms with Gasteiger partial charge in [-0.15, -0.1) is 0 Å². The van der Waals surface area contributed by atoms with E-state index >= 15 is 0 Å². The van der Waals surface area contributed by atoms with Gasteiger partial charge in [0.05, 0.1) is 5.52 Å². The van der Waals surface area contributed by atoms with Crippen LogP contribution in [0.3, 0.4) is 0 Å². The van der Waals surface area contributed by atoms with Gasteiger partial charge in [-0.2, -0.15) is 11.3 Å². The van der Waals surface area contributed by atoms with Gasteiger partial charge in [0, 0.05) is 24.7 Å². The van der Waals surface area contributed by atoms with Crippen molar-refractivity contribution >= 4 is 22.2 Å². The standard InChI is InChI=1S/C16H16N2S/c1-12-10-19-11-15(12)9-17-8-13-4-5-16-14(7-13)3-2-6-18-16/h2-7,10-11,17H,8-9H2,1H3. The Hall–Kier alpha value is -1.71. The number of pyridine rings is 1. The zero-order valence-electron chi connectivity index (χ0n) is 10.9. The lowest BCUT2D eigenvalue weighted by atomic mass is 10.1. The minimum atomic E-state index is 0.889. The molecule has 0 saturated heterocycles. The number of rotatable bonds is 4. The van der Waals surface area contributed by atoms with E-state index in [1.807, 2.05) is 12.3 Å². The molecule has 0 aliphatic carbocycles. The van der Waals surface area contributed by atoms with Crippen molar-refractivity contribution < 1.29 is 0 Å². The van der Waals surface area contributed by atoms with E-state index in [9.17, 15) is 0 Å². The van der Waals surface area contributed by atoms with Crippen LogP contribution in [0.2, 0.25) is 0 Å². The zero-order valence-corrected chi connectivity index (χ0v) is 11.7. The van der Waals surface area contributed by atoms with E-state index in [2.05, 4.69) is 52.3 Å². The number of aromatic nitrogens is 1. The largest absolute Gasteiger partial charge is 0.309 e. The topological polar surface area (TPSA) is 24.9 Å². The molecule has 2 heterocycles. The summed E-state index contributed by atoms with van der Waals surface area (Å²) in [6, 6.07) is 10.5. The third-order valence-corrected chi connectivity index (χ3v) is 4.18.